The molecule has 10 nitrogen and oxygen atoms in total. The van der Waals surface area contributed by atoms with Gasteiger partial charge < -0.3 is 33.9 Å². The van der Waals surface area contributed by atoms with Crippen molar-refractivity contribution in [1.82, 2.24) is 0 Å². The number of carbonyl (C=O) groups is 3. The van der Waals surface area contributed by atoms with Crippen LogP contribution in [0, 0.1) is 0 Å². The van der Waals surface area contributed by atoms with Crippen molar-refractivity contribution in [3.05, 3.63) is 90.0 Å². The van der Waals surface area contributed by atoms with Crippen LogP contribution in [0.15, 0.2) is 78.9 Å². The average Bonchev–Trinajstić information content (AvgIpc) is 2.92. The van der Waals surface area contributed by atoms with Gasteiger partial charge in [-0.2, -0.15) is 0 Å². The highest BCUT2D eigenvalue weighted by atomic mass is 16.6. The molecule has 0 aliphatic rings. The summed E-state index contributed by atoms with van der Waals surface area (Å²) in [6.45, 7) is 14.8. The summed E-state index contributed by atoms with van der Waals surface area (Å²) in [7, 11) is 0. The van der Waals surface area contributed by atoms with Crippen LogP contribution >= 0.6 is 0 Å². The molecule has 0 fully saturated rings. The lowest BCUT2D eigenvalue weighted by atomic mass is 9.97. The maximum Gasteiger partial charge on any atom is 0.338 e. The van der Waals surface area contributed by atoms with Crippen molar-refractivity contribution in [2.24, 2.45) is 0 Å². The van der Waals surface area contributed by atoms with Gasteiger partial charge in [-0.25, -0.2) is 14.4 Å². The second-order valence-corrected chi connectivity index (χ2v) is 8.86. The van der Waals surface area contributed by atoms with Crippen LogP contribution in [-0.2, 0) is 23.7 Å². The predicted molar refractivity (Wildman–Crippen MR) is 146 cm³/mol. The first kappa shape index (κ1) is 32.0. The van der Waals surface area contributed by atoms with Gasteiger partial charge in [0.15, 0.2) is 6.29 Å². The fourth-order valence-electron chi connectivity index (χ4n) is 3.02. The number of hydrogen-bond donors (Lipinski definition) is 2. The second-order valence-electron chi connectivity index (χ2n) is 8.86. The molecule has 0 saturated heterocycles. The minimum atomic E-state index is -1.17. The molecular weight excluding hydrogens is 520 g/mol. The van der Waals surface area contributed by atoms with Gasteiger partial charge in [0.25, 0.3) is 0 Å². The number of aliphatic hydroxyl groups excluding tert-OH is 2. The molecule has 2 N–H and O–H groups in total. The van der Waals surface area contributed by atoms with Crippen LogP contribution in [0.25, 0.3) is 11.1 Å². The molecule has 0 heterocycles. The van der Waals surface area contributed by atoms with Gasteiger partial charge in [-0.1, -0.05) is 37.9 Å². The number of carbonyl (C=O) groups excluding carboxylic acids is 3. The van der Waals surface area contributed by atoms with Gasteiger partial charge in [0.2, 0.25) is 6.29 Å². The lowest BCUT2D eigenvalue weighted by Gasteiger charge is -2.15. The van der Waals surface area contributed by atoms with Crippen molar-refractivity contribution in [3.63, 3.8) is 0 Å². The SMILES string of the molecule is C=C(C)C(=O)OCCOC(=O)c1cc(C(=O)OCCOC(O)C(=C)C)ccc1-c1ccc(OC(O)C(=C)C)cc1. The molecular formula is C30H34O10. The Balaban J connectivity index is 2.23. The van der Waals surface area contributed by atoms with Crippen molar-refractivity contribution in [1.29, 1.82) is 0 Å². The summed E-state index contributed by atoms with van der Waals surface area (Å²) in [6, 6.07) is 10.9. The fourth-order valence-corrected chi connectivity index (χ4v) is 3.02. The summed E-state index contributed by atoms with van der Waals surface area (Å²) in [5.74, 6) is -1.72. The second kappa shape index (κ2) is 15.4. The van der Waals surface area contributed by atoms with E-state index < -0.39 is 30.5 Å². The van der Waals surface area contributed by atoms with E-state index in [1.807, 2.05) is 0 Å². The largest absolute Gasteiger partial charge is 0.461 e. The van der Waals surface area contributed by atoms with E-state index in [9.17, 15) is 24.6 Å². The number of rotatable bonds is 15. The number of esters is 3. The van der Waals surface area contributed by atoms with Gasteiger partial charge in [-0.3, -0.25) is 0 Å². The van der Waals surface area contributed by atoms with E-state index in [1.54, 1.807) is 44.2 Å². The Morgan fingerprint density at radius 3 is 1.93 bits per heavy atom. The summed E-state index contributed by atoms with van der Waals surface area (Å²) in [6.07, 6.45) is -2.34. The Kier molecular flexibility index (Phi) is 12.3. The van der Waals surface area contributed by atoms with Crippen LogP contribution < -0.4 is 4.74 Å². The normalized spacial score (nSPS) is 12.0. The molecule has 0 spiro atoms. The molecule has 0 radical (unpaired) electrons. The van der Waals surface area contributed by atoms with Crippen molar-refractivity contribution in [2.75, 3.05) is 26.4 Å². The van der Waals surface area contributed by atoms with Gasteiger partial charge in [0.05, 0.1) is 17.7 Å². The Labute approximate surface area is 233 Å². The summed E-state index contributed by atoms with van der Waals surface area (Å²) < 4.78 is 25.9. The predicted octanol–water partition coefficient (Wildman–Crippen LogP) is 3.97. The number of ether oxygens (including phenoxy) is 5. The van der Waals surface area contributed by atoms with Crippen molar-refractivity contribution in [2.45, 2.75) is 33.4 Å². The highest BCUT2D eigenvalue weighted by molar-refractivity contribution is 6.01. The Morgan fingerprint density at radius 2 is 1.32 bits per heavy atom. The standard InChI is InChI=1S/C30H34O10/c1-18(2)26(31)36-13-15-38-29(34)22-9-12-24(21-7-10-23(11-8-21)40-28(33)20(5)6)25(17-22)30(35)39-16-14-37-27(32)19(3)4/h7-12,17,26,28,31,33H,1,3,5,13-16H2,2,4,6H3. The maximum absolute atomic E-state index is 13.0. The quantitative estimate of drug-likeness (QED) is 0.0831. The Hall–Kier alpha value is -4.25. The molecule has 40 heavy (non-hydrogen) atoms. The van der Waals surface area contributed by atoms with Crippen LogP contribution in [-0.4, -0.2) is 67.1 Å². The summed E-state index contributed by atoms with van der Waals surface area (Å²) >= 11 is 0. The minimum absolute atomic E-state index is 0.0604. The van der Waals surface area contributed by atoms with Crippen LogP contribution in [0.5, 0.6) is 5.75 Å². The Bertz CT molecular complexity index is 1250. The highest BCUT2D eigenvalue weighted by Gasteiger charge is 2.19. The molecule has 0 bridgehead atoms. The van der Waals surface area contributed by atoms with E-state index >= 15 is 0 Å². The molecule has 0 saturated carbocycles. The fraction of sp³-hybridized carbons (Fsp3) is 0.300. The van der Waals surface area contributed by atoms with E-state index in [0.29, 0.717) is 28.0 Å². The molecule has 0 amide bonds. The van der Waals surface area contributed by atoms with Crippen molar-refractivity contribution >= 4 is 17.9 Å². The topological polar surface area (TPSA) is 138 Å². The van der Waals surface area contributed by atoms with E-state index in [0.717, 1.165) is 0 Å². The van der Waals surface area contributed by atoms with Gasteiger partial charge in [-0.15, -0.1) is 0 Å². The lowest BCUT2D eigenvalue weighted by molar-refractivity contribution is -0.140. The summed E-state index contributed by atoms with van der Waals surface area (Å²) in [4.78, 5) is 37.2. The lowest BCUT2D eigenvalue weighted by Crippen LogP contribution is -2.18. The van der Waals surface area contributed by atoms with E-state index in [1.165, 1.54) is 19.1 Å². The van der Waals surface area contributed by atoms with Crippen molar-refractivity contribution in [3.8, 4) is 16.9 Å². The molecule has 10 heteroatoms. The van der Waals surface area contributed by atoms with Crippen LogP contribution in [0.2, 0.25) is 0 Å². The summed E-state index contributed by atoms with van der Waals surface area (Å²) in [5, 5.41) is 19.5. The van der Waals surface area contributed by atoms with Gasteiger partial charge in [-0.05, 0) is 67.3 Å². The van der Waals surface area contributed by atoms with E-state index in [2.05, 4.69) is 19.7 Å². The third-order valence-electron chi connectivity index (χ3n) is 5.22. The molecule has 0 aliphatic heterocycles. The monoisotopic (exact) mass is 554 g/mol. The Morgan fingerprint density at radius 1 is 0.750 bits per heavy atom. The van der Waals surface area contributed by atoms with Gasteiger partial charge >= 0.3 is 17.9 Å². The summed E-state index contributed by atoms with van der Waals surface area (Å²) in [5.41, 5.74) is 2.23. The van der Waals surface area contributed by atoms with E-state index in [-0.39, 0.29) is 43.1 Å². The smallest absolute Gasteiger partial charge is 0.338 e. The zero-order valence-electron chi connectivity index (χ0n) is 22.8. The molecule has 214 valence electrons. The molecule has 0 aliphatic carbocycles. The molecule has 0 aromatic heterocycles. The molecule has 2 atom stereocenters. The molecule has 2 rings (SSSR count). The number of aliphatic hydroxyl groups is 2. The van der Waals surface area contributed by atoms with Gasteiger partial charge in [0.1, 0.15) is 25.6 Å². The third-order valence-corrected chi connectivity index (χ3v) is 5.22. The third kappa shape index (κ3) is 9.81. The van der Waals surface area contributed by atoms with Gasteiger partial charge in [0, 0.05) is 5.57 Å². The zero-order chi connectivity index (χ0) is 29.8. The average molecular weight is 555 g/mol. The first-order chi connectivity index (χ1) is 18.9. The van der Waals surface area contributed by atoms with Crippen molar-refractivity contribution < 1.29 is 48.3 Å². The minimum Gasteiger partial charge on any atom is -0.461 e. The molecule has 2 aromatic rings. The first-order valence-electron chi connectivity index (χ1n) is 12.3. The van der Waals surface area contributed by atoms with Crippen LogP contribution in [0.1, 0.15) is 41.5 Å². The molecule has 2 unspecified atom stereocenters. The van der Waals surface area contributed by atoms with Crippen LogP contribution in [0.3, 0.4) is 0 Å². The number of hydrogen-bond acceptors (Lipinski definition) is 10. The first-order valence-corrected chi connectivity index (χ1v) is 12.3. The van der Waals surface area contributed by atoms with Crippen LogP contribution in [0.4, 0.5) is 0 Å². The zero-order valence-corrected chi connectivity index (χ0v) is 22.8. The molecule has 2 aromatic carbocycles. The maximum atomic E-state index is 13.0. The van der Waals surface area contributed by atoms with E-state index in [4.69, 9.17) is 23.7 Å². The highest BCUT2D eigenvalue weighted by Crippen LogP contribution is 2.28. The number of benzene rings is 2.